The van der Waals surface area contributed by atoms with Gasteiger partial charge in [0.05, 0.1) is 6.54 Å². The van der Waals surface area contributed by atoms with Crippen LogP contribution in [0.1, 0.15) is 23.4 Å². The number of aromatic nitrogens is 3. The first-order valence-electron chi connectivity index (χ1n) is 5.35. The molecule has 0 radical (unpaired) electrons. The summed E-state index contributed by atoms with van der Waals surface area (Å²) in [6, 6.07) is 1.87. The number of anilines is 1. The van der Waals surface area contributed by atoms with Crippen molar-refractivity contribution in [3.63, 3.8) is 0 Å². The molecule has 2 aromatic heterocycles. The Hall–Kier alpha value is -1.01. The number of hydrogen-bond donors (Lipinski definition) is 1. The van der Waals surface area contributed by atoms with E-state index in [4.69, 9.17) is 0 Å². The number of nitrogens with zero attached hydrogens (tertiary/aromatic N) is 3. The molecule has 0 aliphatic rings. The number of hydrogen-bond acceptors (Lipinski definition) is 5. The fourth-order valence-electron chi connectivity index (χ4n) is 1.36. The van der Waals surface area contributed by atoms with Crippen LogP contribution in [0.5, 0.6) is 0 Å². The van der Waals surface area contributed by atoms with Crippen molar-refractivity contribution in [3.8, 4) is 0 Å². The molecule has 0 spiro atoms. The normalized spacial score (nSPS) is 10.5. The van der Waals surface area contributed by atoms with Crippen molar-refractivity contribution in [1.29, 1.82) is 0 Å². The lowest BCUT2D eigenvalue weighted by Gasteiger charge is -2.05. The first-order chi connectivity index (χ1) is 8.17. The molecule has 0 atom stereocenters. The van der Waals surface area contributed by atoms with E-state index in [1.54, 1.807) is 11.3 Å². The molecule has 0 saturated heterocycles. The van der Waals surface area contributed by atoms with Gasteiger partial charge in [0.15, 0.2) is 0 Å². The summed E-state index contributed by atoms with van der Waals surface area (Å²) in [5.41, 5.74) is 1.06. The molecular weight excluding hydrogens is 300 g/mol. The van der Waals surface area contributed by atoms with Crippen molar-refractivity contribution in [3.05, 3.63) is 32.6 Å². The van der Waals surface area contributed by atoms with E-state index in [2.05, 4.69) is 36.2 Å². The number of aryl methyl sites for hydroxylation is 2. The van der Waals surface area contributed by atoms with Gasteiger partial charge in [0.25, 0.3) is 0 Å². The summed E-state index contributed by atoms with van der Waals surface area (Å²) in [4.78, 5) is 13.1. The first kappa shape index (κ1) is 12.4. The summed E-state index contributed by atoms with van der Waals surface area (Å²) in [6.07, 6.45) is 0.824. The highest BCUT2D eigenvalue weighted by atomic mass is 79.9. The van der Waals surface area contributed by atoms with E-state index >= 15 is 0 Å². The Morgan fingerprint density at radius 1 is 1.35 bits per heavy atom. The quantitative estimate of drug-likeness (QED) is 0.881. The molecule has 0 amide bonds. The molecule has 2 aromatic rings. The topological polar surface area (TPSA) is 50.7 Å². The molecule has 0 aromatic carbocycles. The van der Waals surface area contributed by atoms with Crippen LogP contribution in [-0.2, 0) is 13.0 Å². The van der Waals surface area contributed by atoms with Crippen molar-refractivity contribution >= 4 is 33.1 Å². The maximum absolute atomic E-state index is 4.40. The van der Waals surface area contributed by atoms with Gasteiger partial charge >= 0.3 is 0 Å². The number of nitrogens with one attached hydrogen (secondary N) is 1. The fraction of sp³-hybridized carbons (Fsp3) is 0.364. The smallest absolute Gasteiger partial charge is 0.131 e. The van der Waals surface area contributed by atoms with Crippen molar-refractivity contribution in [2.75, 3.05) is 5.32 Å². The summed E-state index contributed by atoms with van der Waals surface area (Å²) in [5.74, 6) is 1.66. The number of thiazole rings is 1. The molecule has 90 valence electrons. The average Bonchev–Trinajstić information content (AvgIpc) is 2.72. The molecule has 0 fully saturated rings. The lowest BCUT2D eigenvalue weighted by atomic mass is 10.4. The van der Waals surface area contributed by atoms with E-state index in [1.807, 2.05) is 25.3 Å². The van der Waals surface area contributed by atoms with Crippen molar-refractivity contribution < 1.29 is 0 Å². The lowest BCUT2D eigenvalue weighted by molar-refractivity contribution is 0.920. The third-order valence-electron chi connectivity index (χ3n) is 2.14. The van der Waals surface area contributed by atoms with Gasteiger partial charge in [0.2, 0.25) is 0 Å². The van der Waals surface area contributed by atoms with Crippen LogP contribution in [0.2, 0.25) is 0 Å². The third kappa shape index (κ3) is 3.47. The zero-order valence-electron chi connectivity index (χ0n) is 9.70. The molecular formula is C11H13BrN4S. The standard InChI is InChI=1S/C11H13BrN4S/c1-3-9-15-8(12)4-10(16-9)13-5-11-14-7(2)6-17-11/h4,6H,3,5H2,1-2H3,(H,13,15,16). The molecule has 0 aliphatic heterocycles. The van der Waals surface area contributed by atoms with E-state index in [1.165, 1.54) is 0 Å². The van der Waals surface area contributed by atoms with E-state index in [0.717, 1.165) is 33.4 Å². The largest absolute Gasteiger partial charge is 0.363 e. The van der Waals surface area contributed by atoms with Crippen molar-refractivity contribution in [1.82, 2.24) is 15.0 Å². The minimum Gasteiger partial charge on any atom is -0.363 e. The van der Waals surface area contributed by atoms with Crippen LogP contribution in [0.15, 0.2) is 16.0 Å². The van der Waals surface area contributed by atoms with Gasteiger partial charge in [0, 0.05) is 23.6 Å². The van der Waals surface area contributed by atoms with Crippen LogP contribution in [0.4, 0.5) is 5.82 Å². The van der Waals surface area contributed by atoms with Crippen LogP contribution in [0, 0.1) is 6.92 Å². The van der Waals surface area contributed by atoms with E-state index < -0.39 is 0 Å². The van der Waals surface area contributed by atoms with Crippen LogP contribution in [0.25, 0.3) is 0 Å². The van der Waals surface area contributed by atoms with E-state index in [-0.39, 0.29) is 0 Å². The predicted molar refractivity (Wildman–Crippen MR) is 73.3 cm³/mol. The Kier molecular flexibility index (Phi) is 4.06. The summed E-state index contributed by atoms with van der Waals surface area (Å²) in [5, 5.41) is 6.37. The summed E-state index contributed by atoms with van der Waals surface area (Å²) in [6.45, 7) is 4.73. The van der Waals surface area contributed by atoms with Gasteiger partial charge < -0.3 is 5.32 Å². The SMILES string of the molecule is CCc1nc(Br)cc(NCc2nc(C)cs2)n1. The Bertz CT molecular complexity index is 512. The maximum atomic E-state index is 4.40. The highest BCUT2D eigenvalue weighted by Gasteiger charge is 2.03. The third-order valence-corrected chi connectivity index (χ3v) is 3.52. The Morgan fingerprint density at radius 2 is 2.18 bits per heavy atom. The molecule has 0 saturated carbocycles. The number of halogens is 1. The summed E-state index contributed by atoms with van der Waals surface area (Å²) < 4.78 is 0.808. The molecule has 4 nitrogen and oxygen atoms in total. The van der Waals surface area contributed by atoms with Crippen LogP contribution >= 0.6 is 27.3 Å². The van der Waals surface area contributed by atoms with Crippen LogP contribution in [-0.4, -0.2) is 15.0 Å². The summed E-state index contributed by atoms with van der Waals surface area (Å²) >= 11 is 5.03. The second-order valence-electron chi connectivity index (χ2n) is 3.58. The van der Waals surface area contributed by atoms with Crippen molar-refractivity contribution in [2.24, 2.45) is 0 Å². The maximum Gasteiger partial charge on any atom is 0.131 e. The Labute approximate surface area is 113 Å². The number of rotatable bonds is 4. The van der Waals surface area contributed by atoms with Crippen LogP contribution in [0.3, 0.4) is 0 Å². The fourth-order valence-corrected chi connectivity index (χ4v) is 2.50. The second kappa shape index (κ2) is 5.55. The highest BCUT2D eigenvalue weighted by Crippen LogP contribution is 2.15. The minimum atomic E-state index is 0.700. The van der Waals surface area contributed by atoms with E-state index in [9.17, 15) is 0 Å². The Morgan fingerprint density at radius 3 is 2.82 bits per heavy atom. The summed E-state index contributed by atoms with van der Waals surface area (Å²) in [7, 11) is 0. The Balaban J connectivity index is 2.05. The minimum absolute atomic E-state index is 0.700. The van der Waals surface area contributed by atoms with Gasteiger partial charge in [-0.25, -0.2) is 15.0 Å². The monoisotopic (exact) mass is 312 g/mol. The van der Waals surface area contributed by atoms with Crippen LogP contribution < -0.4 is 5.32 Å². The van der Waals surface area contributed by atoms with Gasteiger partial charge in [-0.15, -0.1) is 11.3 Å². The van der Waals surface area contributed by atoms with E-state index in [0.29, 0.717) is 6.54 Å². The zero-order chi connectivity index (χ0) is 12.3. The van der Waals surface area contributed by atoms with Gasteiger partial charge in [-0.05, 0) is 22.9 Å². The molecule has 1 N–H and O–H groups in total. The molecule has 2 rings (SSSR count). The van der Waals surface area contributed by atoms with Gasteiger partial charge in [-0.3, -0.25) is 0 Å². The highest BCUT2D eigenvalue weighted by molar-refractivity contribution is 9.10. The average molecular weight is 313 g/mol. The molecule has 0 aliphatic carbocycles. The zero-order valence-corrected chi connectivity index (χ0v) is 12.1. The van der Waals surface area contributed by atoms with Gasteiger partial charge in [-0.1, -0.05) is 6.92 Å². The molecule has 0 bridgehead atoms. The molecule has 2 heterocycles. The molecule has 6 heteroatoms. The first-order valence-corrected chi connectivity index (χ1v) is 7.03. The predicted octanol–water partition coefficient (Wildman–Crippen LogP) is 3.18. The molecule has 0 unspecified atom stereocenters. The second-order valence-corrected chi connectivity index (χ2v) is 5.34. The van der Waals surface area contributed by atoms with Crippen molar-refractivity contribution in [2.45, 2.75) is 26.8 Å². The van der Waals surface area contributed by atoms with Gasteiger partial charge in [-0.2, -0.15) is 0 Å². The van der Waals surface area contributed by atoms with Gasteiger partial charge in [0.1, 0.15) is 21.3 Å². The molecule has 17 heavy (non-hydrogen) atoms. The lowest BCUT2D eigenvalue weighted by Crippen LogP contribution is -2.04.